The van der Waals surface area contributed by atoms with Crippen molar-refractivity contribution in [3.8, 4) is 5.75 Å². The number of aromatic hydroxyl groups is 1. The molecule has 0 aromatic heterocycles. The zero-order valence-corrected chi connectivity index (χ0v) is 7.47. The molecule has 0 aliphatic rings. The second kappa shape index (κ2) is 3.88. The van der Waals surface area contributed by atoms with Crippen molar-refractivity contribution in [1.29, 1.82) is 0 Å². The van der Waals surface area contributed by atoms with Gasteiger partial charge in [-0.3, -0.25) is 0 Å². The first kappa shape index (κ1) is 10.8. The van der Waals surface area contributed by atoms with Crippen LogP contribution in [0.25, 0.3) is 0 Å². The van der Waals surface area contributed by atoms with Gasteiger partial charge in [-0.2, -0.15) is 0 Å². The van der Waals surface area contributed by atoms with Crippen molar-refractivity contribution in [1.82, 2.24) is 0 Å². The lowest BCUT2D eigenvalue weighted by Crippen LogP contribution is -2.20. The molecule has 2 nitrogen and oxygen atoms in total. The van der Waals surface area contributed by atoms with E-state index in [1.165, 1.54) is 13.0 Å². The average molecular weight is 205 g/mol. The molecule has 78 valence electrons. The van der Waals surface area contributed by atoms with Crippen molar-refractivity contribution in [3.63, 3.8) is 0 Å². The van der Waals surface area contributed by atoms with Gasteiger partial charge in [0.05, 0.1) is 11.6 Å². The van der Waals surface area contributed by atoms with Crippen LogP contribution in [0.15, 0.2) is 12.1 Å². The first-order valence-electron chi connectivity index (χ1n) is 3.97. The third kappa shape index (κ3) is 1.82. The predicted octanol–water partition coefficient (Wildman–Crippen LogP) is 2.10. The molecule has 0 amide bonds. The number of rotatable bonds is 2. The van der Waals surface area contributed by atoms with E-state index in [1.807, 2.05) is 0 Å². The van der Waals surface area contributed by atoms with Gasteiger partial charge in [0, 0.05) is 0 Å². The van der Waals surface area contributed by atoms with Crippen LogP contribution in [0.4, 0.5) is 13.2 Å². The normalized spacial score (nSPS) is 13.3. The van der Waals surface area contributed by atoms with Crippen LogP contribution in [-0.4, -0.2) is 11.5 Å². The van der Waals surface area contributed by atoms with Gasteiger partial charge in [-0.15, -0.1) is 0 Å². The van der Waals surface area contributed by atoms with Crippen LogP contribution in [0, 0.1) is 12.7 Å². The smallest absolute Gasteiger partial charge is 0.257 e. The fourth-order valence-electron chi connectivity index (χ4n) is 1.14. The van der Waals surface area contributed by atoms with Gasteiger partial charge in [-0.1, -0.05) is 6.07 Å². The molecule has 1 aromatic carbocycles. The zero-order chi connectivity index (χ0) is 10.9. The molecule has 0 radical (unpaired) electrons. The highest BCUT2D eigenvalue weighted by molar-refractivity contribution is 5.42. The average Bonchev–Trinajstić information content (AvgIpc) is 2.12. The number of halogens is 3. The number of phenols is 1. The van der Waals surface area contributed by atoms with Crippen LogP contribution in [0.5, 0.6) is 5.75 Å². The minimum absolute atomic E-state index is 0.317. The third-order valence-electron chi connectivity index (χ3n) is 1.97. The van der Waals surface area contributed by atoms with E-state index < -0.39 is 29.6 Å². The number of hydrogen-bond donors (Lipinski definition) is 2. The molecule has 0 saturated heterocycles. The Kier molecular flexibility index (Phi) is 3.00. The van der Waals surface area contributed by atoms with Gasteiger partial charge in [-0.05, 0) is 18.6 Å². The van der Waals surface area contributed by atoms with E-state index in [0.29, 0.717) is 5.56 Å². The van der Waals surface area contributed by atoms with Crippen molar-refractivity contribution < 1.29 is 18.3 Å². The Labute approximate surface area is 79.2 Å². The Hall–Kier alpha value is -1.23. The SMILES string of the molecule is Cc1ccc(F)c([C@@H](N)C(F)F)c1O. The molecule has 0 spiro atoms. The maximum atomic E-state index is 13.1. The zero-order valence-electron chi connectivity index (χ0n) is 7.47. The summed E-state index contributed by atoms with van der Waals surface area (Å²) >= 11 is 0. The Bertz CT molecular complexity index is 341. The lowest BCUT2D eigenvalue weighted by molar-refractivity contribution is 0.113. The summed E-state index contributed by atoms with van der Waals surface area (Å²) in [6, 6.07) is 0.508. The quantitative estimate of drug-likeness (QED) is 0.776. The van der Waals surface area contributed by atoms with Gasteiger partial charge >= 0.3 is 0 Å². The molecular weight excluding hydrogens is 195 g/mol. The van der Waals surface area contributed by atoms with Gasteiger partial charge in [0.1, 0.15) is 11.6 Å². The van der Waals surface area contributed by atoms with Crippen LogP contribution in [0.1, 0.15) is 17.2 Å². The molecule has 0 bridgehead atoms. The van der Waals surface area contributed by atoms with Crippen molar-refractivity contribution in [2.75, 3.05) is 0 Å². The first-order valence-corrected chi connectivity index (χ1v) is 3.97. The van der Waals surface area contributed by atoms with E-state index in [4.69, 9.17) is 5.73 Å². The summed E-state index contributed by atoms with van der Waals surface area (Å²) in [7, 11) is 0. The van der Waals surface area contributed by atoms with Crippen LogP contribution in [-0.2, 0) is 0 Å². The lowest BCUT2D eigenvalue weighted by atomic mass is 10.0. The molecule has 0 saturated carbocycles. The molecule has 1 rings (SSSR count). The highest BCUT2D eigenvalue weighted by Gasteiger charge is 2.25. The standard InChI is InChI=1S/C9H10F3NO/c1-4-2-3-5(10)6(8(4)14)7(13)9(11)12/h2-3,7,9,14H,13H2,1H3/t7-/m1/s1. The van der Waals surface area contributed by atoms with E-state index in [0.717, 1.165) is 6.07 Å². The Morgan fingerprint density at radius 1 is 1.36 bits per heavy atom. The molecule has 0 aliphatic carbocycles. The van der Waals surface area contributed by atoms with Gasteiger partial charge in [0.2, 0.25) is 0 Å². The van der Waals surface area contributed by atoms with E-state index in [1.54, 1.807) is 0 Å². The van der Waals surface area contributed by atoms with Crippen LogP contribution >= 0.6 is 0 Å². The summed E-state index contributed by atoms with van der Waals surface area (Å²) in [5, 5.41) is 9.34. The number of benzene rings is 1. The highest BCUT2D eigenvalue weighted by Crippen LogP contribution is 2.31. The summed E-state index contributed by atoms with van der Waals surface area (Å²) in [6.45, 7) is 1.48. The predicted molar refractivity (Wildman–Crippen MR) is 45.7 cm³/mol. The second-order valence-electron chi connectivity index (χ2n) is 2.99. The second-order valence-corrected chi connectivity index (χ2v) is 2.99. The van der Waals surface area contributed by atoms with Crippen LogP contribution in [0.3, 0.4) is 0 Å². The number of alkyl halides is 2. The minimum Gasteiger partial charge on any atom is -0.507 e. The lowest BCUT2D eigenvalue weighted by Gasteiger charge is -2.14. The minimum atomic E-state index is -2.91. The molecular formula is C9H10F3NO. The summed E-state index contributed by atoms with van der Waals surface area (Å²) in [4.78, 5) is 0. The monoisotopic (exact) mass is 205 g/mol. The number of aryl methyl sites for hydroxylation is 1. The van der Waals surface area contributed by atoms with Gasteiger partial charge in [0.25, 0.3) is 6.43 Å². The number of nitrogens with two attached hydrogens (primary N) is 1. The van der Waals surface area contributed by atoms with Crippen molar-refractivity contribution in [2.45, 2.75) is 19.4 Å². The summed E-state index contributed by atoms with van der Waals surface area (Å²) in [5.41, 5.74) is 4.85. The van der Waals surface area contributed by atoms with E-state index in [9.17, 15) is 18.3 Å². The number of phenolic OH excluding ortho intramolecular Hbond substituents is 1. The Morgan fingerprint density at radius 2 is 1.93 bits per heavy atom. The highest BCUT2D eigenvalue weighted by atomic mass is 19.3. The fraction of sp³-hybridized carbons (Fsp3) is 0.333. The molecule has 0 aliphatic heterocycles. The molecule has 0 heterocycles. The topological polar surface area (TPSA) is 46.2 Å². The van der Waals surface area contributed by atoms with Crippen LogP contribution < -0.4 is 5.73 Å². The third-order valence-corrected chi connectivity index (χ3v) is 1.97. The van der Waals surface area contributed by atoms with Crippen molar-refractivity contribution in [2.24, 2.45) is 5.73 Å². The van der Waals surface area contributed by atoms with Crippen molar-refractivity contribution >= 4 is 0 Å². The Balaban J connectivity index is 3.25. The Morgan fingerprint density at radius 3 is 2.43 bits per heavy atom. The molecule has 0 fully saturated rings. The van der Waals surface area contributed by atoms with E-state index in [2.05, 4.69) is 0 Å². The molecule has 0 unspecified atom stereocenters. The number of hydrogen-bond acceptors (Lipinski definition) is 2. The molecule has 14 heavy (non-hydrogen) atoms. The van der Waals surface area contributed by atoms with E-state index in [-0.39, 0.29) is 0 Å². The first-order chi connectivity index (χ1) is 6.45. The fourth-order valence-corrected chi connectivity index (χ4v) is 1.14. The van der Waals surface area contributed by atoms with Crippen LogP contribution in [0.2, 0.25) is 0 Å². The van der Waals surface area contributed by atoms with Crippen molar-refractivity contribution in [3.05, 3.63) is 29.1 Å². The summed E-state index contributed by atoms with van der Waals surface area (Å²) in [5.74, 6) is -1.42. The van der Waals surface area contributed by atoms with E-state index >= 15 is 0 Å². The maximum absolute atomic E-state index is 13.1. The molecule has 3 N–H and O–H groups in total. The summed E-state index contributed by atoms with van der Waals surface area (Å²) in [6.07, 6.45) is -2.91. The summed E-state index contributed by atoms with van der Waals surface area (Å²) < 4.78 is 37.5. The maximum Gasteiger partial charge on any atom is 0.257 e. The van der Waals surface area contributed by atoms with Gasteiger partial charge < -0.3 is 10.8 Å². The molecule has 5 heteroatoms. The molecule has 1 atom stereocenters. The van der Waals surface area contributed by atoms with Gasteiger partial charge in [0.15, 0.2) is 0 Å². The molecule has 1 aromatic rings. The van der Waals surface area contributed by atoms with Gasteiger partial charge in [-0.25, -0.2) is 13.2 Å². The largest absolute Gasteiger partial charge is 0.507 e.